The maximum Gasteiger partial charge on any atom is 0.408 e. The fraction of sp³-hybridized carbons (Fsp3) is 0.526. The second kappa shape index (κ2) is 10.2. The summed E-state index contributed by atoms with van der Waals surface area (Å²) in [6.07, 6.45) is -1.02. The van der Waals surface area contributed by atoms with Crippen LogP contribution in [0.25, 0.3) is 0 Å². The molecule has 0 aliphatic carbocycles. The Morgan fingerprint density at radius 1 is 0.839 bits per heavy atom. The number of carboxylic acids is 1. The van der Waals surface area contributed by atoms with E-state index < -0.39 is 46.8 Å². The molecule has 0 aliphatic heterocycles. The van der Waals surface area contributed by atoms with Gasteiger partial charge in [0.2, 0.25) is 0 Å². The monoisotopic (exact) mass is 535 g/mol. The highest BCUT2D eigenvalue weighted by atomic mass is 35.5. The number of benzene rings is 1. The highest BCUT2D eigenvalue weighted by Gasteiger charge is 2.45. The Labute approximate surface area is 205 Å². The van der Waals surface area contributed by atoms with Crippen LogP contribution in [0, 0.1) is 11.3 Å². The van der Waals surface area contributed by atoms with Crippen LogP contribution < -0.4 is 10.1 Å². The number of carboxylic acid groups (broad SMARTS) is 1. The first-order valence-corrected chi connectivity index (χ1v) is 10.7. The summed E-state index contributed by atoms with van der Waals surface area (Å²) in [5, 5.41) is 10.8. The number of carbonyl (C=O) groups is 3. The standard InChI is InChI=1S/C19H22Cl5NO6/c1-18(2,3)7(15(26)27)13(25-17(29)31-19(4,5)6)16(28)30-14-11(23)9(21)8(20)10(22)12(14)24/h7,13H,1-6H3,(H,25,29)(H,26,27)/t7?,13-/m0/s1. The summed E-state index contributed by atoms with van der Waals surface area (Å²) in [7, 11) is 0. The molecule has 2 N–H and O–H groups in total. The van der Waals surface area contributed by atoms with E-state index in [-0.39, 0.29) is 25.1 Å². The smallest absolute Gasteiger partial charge is 0.408 e. The lowest BCUT2D eigenvalue weighted by atomic mass is 9.76. The van der Waals surface area contributed by atoms with E-state index in [9.17, 15) is 19.5 Å². The van der Waals surface area contributed by atoms with Crippen molar-refractivity contribution in [3.8, 4) is 5.75 Å². The van der Waals surface area contributed by atoms with Gasteiger partial charge in [0.1, 0.15) is 21.7 Å². The molecule has 0 radical (unpaired) electrons. The summed E-state index contributed by atoms with van der Waals surface area (Å²) < 4.78 is 10.4. The van der Waals surface area contributed by atoms with Crippen LogP contribution in [-0.2, 0) is 14.3 Å². The van der Waals surface area contributed by atoms with Gasteiger partial charge in [0.25, 0.3) is 0 Å². The topological polar surface area (TPSA) is 102 Å². The third-order valence-electron chi connectivity index (χ3n) is 3.83. The van der Waals surface area contributed by atoms with E-state index >= 15 is 0 Å². The van der Waals surface area contributed by atoms with Gasteiger partial charge in [-0.15, -0.1) is 0 Å². The predicted octanol–water partition coefficient (Wildman–Crippen LogP) is 6.50. The third-order valence-corrected chi connectivity index (χ3v) is 6.07. The molecule has 0 aliphatic rings. The van der Waals surface area contributed by atoms with Gasteiger partial charge in [0, 0.05) is 0 Å². The number of alkyl carbamates (subject to hydrolysis) is 1. The summed E-state index contributed by atoms with van der Waals surface area (Å²) >= 11 is 30.1. The van der Waals surface area contributed by atoms with Crippen molar-refractivity contribution >= 4 is 76.0 Å². The number of esters is 1. The minimum Gasteiger partial charge on any atom is -0.481 e. The molecule has 0 aromatic heterocycles. The van der Waals surface area contributed by atoms with Crippen molar-refractivity contribution in [2.45, 2.75) is 53.2 Å². The second-order valence-electron chi connectivity index (χ2n) is 8.63. The molecule has 1 aromatic carbocycles. The number of hydrogen-bond donors (Lipinski definition) is 2. The molecule has 7 nitrogen and oxygen atoms in total. The van der Waals surface area contributed by atoms with E-state index in [0.717, 1.165) is 0 Å². The lowest BCUT2D eigenvalue weighted by molar-refractivity contribution is -0.153. The van der Waals surface area contributed by atoms with E-state index in [1.54, 1.807) is 41.5 Å². The zero-order valence-electron chi connectivity index (χ0n) is 17.5. The maximum absolute atomic E-state index is 13.0. The zero-order chi connectivity index (χ0) is 24.5. The molecule has 174 valence electrons. The largest absolute Gasteiger partial charge is 0.481 e. The van der Waals surface area contributed by atoms with Gasteiger partial charge in [-0.25, -0.2) is 9.59 Å². The fourth-order valence-electron chi connectivity index (χ4n) is 2.56. The van der Waals surface area contributed by atoms with Crippen LogP contribution in [0.4, 0.5) is 4.79 Å². The van der Waals surface area contributed by atoms with Gasteiger partial charge in [0.15, 0.2) is 5.75 Å². The second-order valence-corrected chi connectivity index (χ2v) is 10.5. The number of rotatable bonds is 5. The summed E-state index contributed by atoms with van der Waals surface area (Å²) in [6, 6.07) is -1.67. The van der Waals surface area contributed by atoms with Crippen LogP contribution >= 0.6 is 58.0 Å². The van der Waals surface area contributed by atoms with Crippen molar-refractivity contribution in [3.05, 3.63) is 25.1 Å². The average Bonchev–Trinajstić information content (AvgIpc) is 2.58. The molecule has 31 heavy (non-hydrogen) atoms. The molecule has 0 spiro atoms. The van der Waals surface area contributed by atoms with Crippen molar-refractivity contribution in [2.24, 2.45) is 11.3 Å². The molecular formula is C19H22Cl5NO6. The molecule has 0 fully saturated rings. The van der Waals surface area contributed by atoms with Crippen molar-refractivity contribution in [2.75, 3.05) is 0 Å². The highest BCUT2D eigenvalue weighted by molar-refractivity contribution is 6.55. The molecule has 1 rings (SSSR count). The molecule has 0 bridgehead atoms. The third kappa shape index (κ3) is 7.19. The van der Waals surface area contributed by atoms with Gasteiger partial charge >= 0.3 is 18.0 Å². The Morgan fingerprint density at radius 2 is 1.26 bits per heavy atom. The number of amides is 1. The zero-order valence-corrected chi connectivity index (χ0v) is 21.3. The predicted molar refractivity (Wildman–Crippen MR) is 121 cm³/mol. The Kier molecular flexibility index (Phi) is 9.20. The van der Waals surface area contributed by atoms with Crippen LogP contribution in [0.1, 0.15) is 41.5 Å². The van der Waals surface area contributed by atoms with E-state index in [4.69, 9.17) is 67.5 Å². The van der Waals surface area contributed by atoms with Gasteiger partial charge in [-0.1, -0.05) is 78.8 Å². The number of aliphatic carboxylic acids is 1. The molecule has 0 saturated carbocycles. The Balaban J connectivity index is 3.45. The first-order chi connectivity index (χ1) is 13.9. The summed E-state index contributed by atoms with van der Waals surface area (Å²) in [5.41, 5.74) is -1.88. The Morgan fingerprint density at radius 3 is 1.61 bits per heavy atom. The minimum absolute atomic E-state index is 0.153. The van der Waals surface area contributed by atoms with Crippen molar-refractivity contribution in [1.82, 2.24) is 5.32 Å². The van der Waals surface area contributed by atoms with Gasteiger partial charge in [-0.2, -0.15) is 0 Å². The first-order valence-electron chi connectivity index (χ1n) is 8.84. The normalized spacial score (nSPS) is 13.9. The molecule has 1 amide bonds. The number of carbonyl (C=O) groups excluding carboxylic acids is 2. The van der Waals surface area contributed by atoms with Crippen LogP contribution in [-0.4, -0.2) is 34.8 Å². The highest BCUT2D eigenvalue weighted by Crippen LogP contribution is 2.48. The number of halogens is 5. The molecular weight excluding hydrogens is 515 g/mol. The van der Waals surface area contributed by atoms with Crippen molar-refractivity contribution < 1.29 is 29.0 Å². The SMILES string of the molecule is CC(C)(C)OC(=O)N[C@H](C(=O)Oc1c(Cl)c(Cl)c(Cl)c(Cl)c1Cl)C(C(=O)O)C(C)(C)C. The summed E-state index contributed by atoms with van der Waals surface area (Å²) in [5.74, 6) is -4.37. The molecule has 0 heterocycles. The average molecular weight is 538 g/mol. The lowest BCUT2D eigenvalue weighted by Crippen LogP contribution is -2.55. The molecule has 1 aromatic rings. The molecule has 0 saturated heterocycles. The quantitative estimate of drug-likeness (QED) is 0.192. The van der Waals surface area contributed by atoms with Crippen LogP contribution in [0.5, 0.6) is 5.75 Å². The fourth-order valence-corrected chi connectivity index (χ4v) is 3.76. The van der Waals surface area contributed by atoms with Gasteiger partial charge in [-0.3, -0.25) is 4.79 Å². The summed E-state index contributed by atoms with van der Waals surface area (Å²) in [6.45, 7) is 9.57. The van der Waals surface area contributed by atoms with E-state index in [1.807, 2.05) is 0 Å². The first kappa shape index (κ1) is 27.9. The number of ether oxygens (including phenoxy) is 2. The minimum atomic E-state index is -1.67. The number of hydrogen-bond acceptors (Lipinski definition) is 5. The van der Waals surface area contributed by atoms with Crippen molar-refractivity contribution in [3.63, 3.8) is 0 Å². The maximum atomic E-state index is 13.0. The van der Waals surface area contributed by atoms with E-state index in [1.165, 1.54) is 0 Å². The summed E-state index contributed by atoms with van der Waals surface area (Å²) in [4.78, 5) is 37.3. The van der Waals surface area contributed by atoms with Crippen molar-refractivity contribution in [1.29, 1.82) is 0 Å². The van der Waals surface area contributed by atoms with Crippen LogP contribution in [0.15, 0.2) is 0 Å². The number of nitrogens with one attached hydrogen (secondary N) is 1. The van der Waals surface area contributed by atoms with E-state index in [0.29, 0.717) is 0 Å². The van der Waals surface area contributed by atoms with Gasteiger partial charge in [-0.05, 0) is 26.2 Å². The van der Waals surface area contributed by atoms with Gasteiger partial charge in [0.05, 0.1) is 21.0 Å². The Bertz CT molecular complexity index is 862. The van der Waals surface area contributed by atoms with Crippen LogP contribution in [0.3, 0.4) is 0 Å². The van der Waals surface area contributed by atoms with E-state index in [2.05, 4.69) is 5.32 Å². The molecule has 12 heteroatoms. The Hall–Kier alpha value is -1.12. The molecule has 2 atom stereocenters. The lowest BCUT2D eigenvalue weighted by Gasteiger charge is -2.33. The van der Waals surface area contributed by atoms with Gasteiger partial charge < -0.3 is 19.9 Å². The van der Waals surface area contributed by atoms with Crippen LogP contribution in [0.2, 0.25) is 25.1 Å². The molecule has 1 unspecified atom stereocenters.